The number of carbonyl (C=O) groups is 2. The van der Waals surface area contributed by atoms with Gasteiger partial charge in [0, 0.05) is 0 Å². The van der Waals surface area contributed by atoms with E-state index >= 15 is 0 Å². The molecule has 74 valence electrons. The third-order valence-corrected chi connectivity index (χ3v) is 1.58. The maximum Gasteiger partial charge on any atom is 0.338 e. The summed E-state index contributed by atoms with van der Waals surface area (Å²) in [7, 11) is 0. The van der Waals surface area contributed by atoms with Crippen molar-refractivity contribution >= 4 is 11.9 Å². The number of hydrogen-bond donors (Lipinski definition) is 2. The van der Waals surface area contributed by atoms with Crippen LogP contribution in [0.1, 0.15) is 20.7 Å². The van der Waals surface area contributed by atoms with Crippen molar-refractivity contribution in [3.05, 3.63) is 34.9 Å². The predicted molar refractivity (Wildman–Crippen MR) is 41.8 cm³/mol. The second-order valence-electron chi connectivity index (χ2n) is 2.46. The topological polar surface area (TPSA) is 80.4 Å². The molecule has 3 N–H and O–H groups in total. The first-order chi connectivity index (χ1) is 6.45. The fourth-order valence-corrected chi connectivity index (χ4v) is 0.905. The maximum atomic E-state index is 12.9. The number of amides is 1. The summed E-state index contributed by atoms with van der Waals surface area (Å²) in [5, 5.41) is 8.40. The van der Waals surface area contributed by atoms with Crippen LogP contribution in [-0.2, 0) is 0 Å². The molecule has 0 spiro atoms. The van der Waals surface area contributed by atoms with Crippen molar-refractivity contribution in [2.24, 2.45) is 5.73 Å². The van der Waals surface area contributed by atoms with E-state index in [-0.39, 0.29) is 0 Å². The standard InChI is InChI=1S/C8H5F2NO3/c9-5-3(7(11)12)1-2-4(6(5)10)8(13)14/h1-2H,(H2,11,12)(H,13,14). The Labute approximate surface area is 76.9 Å². The van der Waals surface area contributed by atoms with E-state index in [1.54, 1.807) is 0 Å². The number of hydrogen-bond acceptors (Lipinski definition) is 2. The van der Waals surface area contributed by atoms with Gasteiger partial charge in [0.05, 0.1) is 11.1 Å². The lowest BCUT2D eigenvalue weighted by molar-refractivity contribution is 0.0689. The molecule has 14 heavy (non-hydrogen) atoms. The molecule has 1 amide bonds. The monoisotopic (exact) mass is 201 g/mol. The first kappa shape index (κ1) is 10.1. The summed E-state index contributed by atoms with van der Waals surface area (Å²) >= 11 is 0. The Hall–Kier alpha value is -1.98. The average Bonchev–Trinajstić information content (AvgIpc) is 2.08. The van der Waals surface area contributed by atoms with Gasteiger partial charge in [-0.05, 0) is 12.1 Å². The summed E-state index contributed by atoms with van der Waals surface area (Å²) in [4.78, 5) is 20.9. The summed E-state index contributed by atoms with van der Waals surface area (Å²) in [6.07, 6.45) is 0. The Balaban J connectivity index is 3.41. The lowest BCUT2D eigenvalue weighted by Gasteiger charge is -2.01. The van der Waals surface area contributed by atoms with E-state index in [2.05, 4.69) is 0 Å². The predicted octanol–water partition coefficient (Wildman–Crippen LogP) is 0.762. The molecule has 0 bridgehead atoms. The fraction of sp³-hybridized carbons (Fsp3) is 0. The molecule has 0 radical (unpaired) electrons. The summed E-state index contributed by atoms with van der Waals surface area (Å²) in [5.74, 6) is -5.90. The number of carboxylic acids is 1. The molecule has 0 aliphatic rings. The quantitative estimate of drug-likeness (QED) is 0.741. The molecule has 1 aromatic rings. The molecule has 0 atom stereocenters. The van der Waals surface area contributed by atoms with Gasteiger partial charge in [0.2, 0.25) is 0 Å². The first-order valence-corrected chi connectivity index (χ1v) is 3.46. The number of carboxylic acid groups (broad SMARTS) is 1. The van der Waals surface area contributed by atoms with Gasteiger partial charge in [0.15, 0.2) is 11.6 Å². The molecule has 0 aliphatic heterocycles. The molecule has 4 nitrogen and oxygen atoms in total. The molecule has 0 saturated heterocycles. The fourth-order valence-electron chi connectivity index (χ4n) is 0.905. The number of benzene rings is 1. The van der Waals surface area contributed by atoms with Crippen molar-refractivity contribution in [2.75, 3.05) is 0 Å². The highest BCUT2D eigenvalue weighted by Gasteiger charge is 2.19. The van der Waals surface area contributed by atoms with Gasteiger partial charge in [-0.3, -0.25) is 4.79 Å². The zero-order valence-electron chi connectivity index (χ0n) is 6.75. The number of halogens is 2. The molecular formula is C8H5F2NO3. The minimum atomic E-state index is -1.61. The number of rotatable bonds is 2. The van der Waals surface area contributed by atoms with Crippen LogP contribution in [0.3, 0.4) is 0 Å². The maximum absolute atomic E-state index is 12.9. The Morgan fingerprint density at radius 2 is 1.57 bits per heavy atom. The summed E-state index contributed by atoms with van der Waals surface area (Å²) in [5.41, 5.74) is 3.20. The second-order valence-corrected chi connectivity index (χ2v) is 2.46. The summed E-state index contributed by atoms with van der Waals surface area (Å²) < 4.78 is 25.8. The minimum absolute atomic E-state index is 0.674. The van der Waals surface area contributed by atoms with Crippen LogP contribution in [0.5, 0.6) is 0 Å². The Bertz CT molecular complexity index is 378. The lowest BCUT2D eigenvalue weighted by atomic mass is 10.1. The molecule has 0 fully saturated rings. The first-order valence-electron chi connectivity index (χ1n) is 3.46. The van der Waals surface area contributed by atoms with Crippen LogP contribution in [-0.4, -0.2) is 17.0 Å². The lowest BCUT2D eigenvalue weighted by Crippen LogP contribution is -2.15. The number of primary amides is 1. The Morgan fingerprint density at radius 1 is 1.14 bits per heavy atom. The molecule has 1 rings (SSSR count). The molecule has 0 unspecified atom stereocenters. The van der Waals surface area contributed by atoms with Crippen LogP contribution in [0.2, 0.25) is 0 Å². The largest absolute Gasteiger partial charge is 0.478 e. The molecule has 6 heteroatoms. The average molecular weight is 201 g/mol. The minimum Gasteiger partial charge on any atom is -0.478 e. The molecule has 1 aromatic carbocycles. The third-order valence-electron chi connectivity index (χ3n) is 1.58. The van der Waals surface area contributed by atoms with Crippen LogP contribution in [0.4, 0.5) is 8.78 Å². The molecular weight excluding hydrogens is 196 g/mol. The second kappa shape index (κ2) is 3.41. The van der Waals surface area contributed by atoms with Gasteiger partial charge in [0.1, 0.15) is 0 Å². The van der Waals surface area contributed by atoms with Crippen LogP contribution in [0.25, 0.3) is 0 Å². The van der Waals surface area contributed by atoms with Gasteiger partial charge < -0.3 is 10.8 Å². The Kier molecular flexibility index (Phi) is 2.46. The highest BCUT2D eigenvalue weighted by Crippen LogP contribution is 2.15. The van der Waals surface area contributed by atoms with Crippen LogP contribution in [0, 0.1) is 11.6 Å². The van der Waals surface area contributed by atoms with E-state index in [9.17, 15) is 18.4 Å². The van der Waals surface area contributed by atoms with E-state index in [1.807, 2.05) is 0 Å². The van der Waals surface area contributed by atoms with Crippen molar-refractivity contribution in [1.29, 1.82) is 0 Å². The summed E-state index contributed by atoms with van der Waals surface area (Å²) in [6.45, 7) is 0. The smallest absolute Gasteiger partial charge is 0.338 e. The van der Waals surface area contributed by atoms with Crippen molar-refractivity contribution in [2.45, 2.75) is 0 Å². The van der Waals surface area contributed by atoms with E-state index in [4.69, 9.17) is 10.8 Å². The SMILES string of the molecule is NC(=O)c1ccc(C(=O)O)c(F)c1F. The molecule has 0 aromatic heterocycles. The van der Waals surface area contributed by atoms with Gasteiger partial charge in [-0.1, -0.05) is 0 Å². The molecule has 0 heterocycles. The van der Waals surface area contributed by atoms with Gasteiger partial charge in [-0.25, -0.2) is 13.6 Å². The number of nitrogens with two attached hydrogens (primary N) is 1. The third kappa shape index (κ3) is 1.54. The van der Waals surface area contributed by atoms with Crippen molar-refractivity contribution in [3.63, 3.8) is 0 Å². The van der Waals surface area contributed by atoms with Crippen LogP contribution >= 0.6 is 0 Å². The number of carbonyl (C=O) groups excluding carboxylic acids is 1. The van der Waals surface area contributed by atoms with E-state index in [0.717, 1.165) is 12.1 Å². The molecule has 0 saturated carbocycles. The summed E-state index contributed by atoms with van der Waals surface area (Å²) in [6, 6.07) is 1.60. The van der Waals surface area contributed by atoms with E-state index in [1.165, 1.54) is 0 Å². The van der Waals surface area contributed by atoms with Gasteiger partial charge in [-0.2, -0.15) is 0 Å². The van der Waals surface area contributed by atoms with Crippen molar-refractivity contribution < 1.29 is 23.5 Å². The van der Waals surface area contributed by atoms with Gasteiger partial charge in [-0.15, -0.1) is 0 Å². The van der Waals surface area contributed by atoms with E-state index in [0.29, 0.717) is 0 Å². The highest BCUT2D eigenvalue weighted by molar-refractivity contribution is 5.95. The van der Waals surface area contributed by atoms with Crippen LogP contribution in [0.15, 0.2) is 12.1 Å². The number of aromatic carboxylic acids is 1. The van der Waals surface area contributed by atoms with E-state index < -0.39 is 34.6 Å². The van der Waals surface area contributed by atoms with Crippen LogP contribution < -0.4 is 5.73 Å². The molecule has 0 aliphatic carbocycles. The Morgan fingerprint density at radius 3 is 2.00 bits per heavy atom. The van der Waals surface area contributed by atoms with Crippen molar-refractivity contribution in [3.8, 4) is 0 Å². The van der Waals surface area contributed by atoms with Crippen molar-refractivity contribution in [1.82, 2.24) is 0 Å². The van der Waals surface area contributed by atoms with Gasteiger partial charge >= 0.3 is 5.97 Å². The van der Waals surface area contributed by atoms with Gasteiger partial charge in [0.25, 0.3) is 5.91 Å². The highest BCUT2D eigenvalue weighted by atomic mass is 19.2. The zero-order chi connectivity index (χ0) is 10.9. The normalized spacial score (nSPS) is 9.86. The zero-order valence-corrected chi connectivity index (χ0v) is 6.75.